The molecular formula is C29H32N2O5S. The summed E-state index contributed by atoms with van der Waals surface area (Å²) in [5.41, 5.74) is 4.12. The maximum atomic E-state index is 13.7. The topological polar surface area (TPSA) is 84.9 Å². The van der Waals surface area contributed by atoms with Crippen LogP contribution in [0.1, 0.15) is 48.9 Å². The number of rotatable bonds is 8. The number of anilines is 1. The van der Waals surface area contributed by atoms with Gasteiger partial charge in [0.1, 0.15) is 19.8 Å². The Labute approximate surface area is 218 Å². The third kappa shape index (κ3) is 5.44. The van der Waals surface area contributed by atoms with Crippen LogP contribution < -0.4 is 19.1 Å². The second kappa shape index (κ2) is 10.8. The second-order valence-corrected chi connectivity index (χ2v) is 11.3. The van der Waals surface area contributed by atoms with Crippen molar-refractivity contribution in [1.29, 1.82) is 0 Å². The molecule has 1 atom stereocenters. The van der Waals surface area contributed by atoms with Crippen molar-refractivity contribution in [2.75, 3.05) is 24.1 Å². The quantitative estimate of drug-likeness (QED) is 0.461. The van der Waals surface area contributed by atoms with Crippen LogP contribution in [0.15, 0.2) is 71.6 Å². The molecule has 7 nitrogen and oxygen atoms in total. The highest BCUT2D eigenvalue weighted by molar-refractivity contribution is 7.92. The summed E-state index contributed by atoms with van der Waals surface area (Å²) < 4.78 is 39.8. The highest BCUT2D eigenvalue weighted by Gasteiger charge is 2.29. The van der Waals surface area contributed by atoms with Gasteiger partial charge in [-0.15, -0.1) is 0 Å². The van der Waals surface area contributed by atoms with Crippen molar-refractivity contribution < 1.29 is 22.7 Å². The molecule has 1 N–H and O–H groups in total. The summed E-state index contributed by atoms with van der Waals surface area (Å²) in [5.74, 6) is 0.631. The Hall–Kier alpha value is -3.52. The monoisotopic (exact) mass is 520 g/mol. The maximum Gasteiger partial charge on any atom is 0.264 e. The van der Waals surface area contributed by atoms with E-state index in [4.69, 9.17) is 9.47 Å². The van der Waals surface area contributed by atoms with Gasteiger partial charge < -0.3 is 14.8 Å². The Morgan fingerprint density at radius 3 is 2.41 bits per heavy atom. The number of carbonyl (C=O) groups is 1. The van der Waals surface area contributed by atoms with Crippen LogP contribution in [0.2, 0.25) is 0 Å². The Bertz CT molecular complexity index is 1370. The molecule has 0 radical (unpaired) electrons. The van der Waals surface area contributed by atoms with Crippen LogP contribution >= 0.6 is 0 Å². The van der Waals surface area contributed by atoms with Crippen molar-refractivity contribution in [3.63, 3.8) is 0 Å². The summed E-state index contributed by atoms with van der Waals surface area (Å²) in [6, 6.07) is 19.3. The van der Waals surface area contributed by atoms with Crippen LogP contribution in [0.3, 0.4) is 0 Å². The fourth-order valence-corrected chi connectivity index (χ4v) is 6.42. The summed E-state index contributed by atoms with van der Waals surface area (Å²) >= 11 is 0. The number of nitrogens with zero attached hydrogens (tertiary/aromatic N) is 1. The van der Waals surface area contributed by atoms with E-state index in [1.807, 2.05) is 6.92 Å². The molecule has 5 rings (SSSR count). The largest absolute Gasteiger partial charge is 0.486 e. The van der Waals surface area contributed by atoms with Gasteiger partial charge in [-0.3, -0.25) is 9.10 Å². The van der Waals surface area contributed by atoms with Crippen molar-refractivity contribution in [3.8, 4) is 11.5 Å². The zero-order valence-corrected chi connectivity index (χ0v) is 21.8. The summed E-state index contributed by atoms with van der Waals surface area (Å²) in [7, 11) is -4.02. The molecule has 1 unspecified atom stereocenters. The first-order valence-corrected chi connectivity index (χ1v) is 14.3. The number of aryl methyl sites for hydroxylation is 2. The van der Waals surface area contributed by atoms with Crippen LogP contribution in [0, 0.1) is 0 Å². The summed E-state index contributed by atoms with van der Waals surface area (Å²) in [6.45, 7) is 2.46. The molecule has 1 aliphatic heterocycles. The van der Waals surface area contributed by atoms with Crippen LogP contribution in [0.4, 0.5) is 5.69 Å². The smallest absolute Gasteiger partial charge is 0.264 e. The van der Waals surface area contributed by atoms with Gasteiger partial charge in [0.15, 0.2) is 11.5 Å². The van der Waals surface area contributed by atoms with E-state index in [9.17, 15) is 13.2 Å². The minimum atomic E-state index is -4.02. The van der Waals surface area contributed by atoms with E-state index < -0.39 is 10.0 Å². The highest BCUT2D eigenvalue weighted by atomic mass is 32.2. The standard InChI is InChI=1S/C29H32N2O5S/c1-2-26(23-13-12-21-8-6-7-9-22(21)18-23)30-29(32)20-31(37(33,34)25-10-4-3-5-11-25)24-14-15-27-28(19-24)36-17-16-35-27/h3-5,10-15,18-19,26H,2,6-9,16-17,20H2,1H3,(H,30,32). The average Bonchev–Trinajstić information content (AvgIpc) is 2.94. The van der Waals surface area contributed by atoms with Crippen molar-refractivity contribution >= 4 is 21.6 Å². The van der Waals surface area contributed by atoms with Gasteiger partial charge in [0, 0.05) is 6.07 Å². The van der Waals surface area contributed by atoms with E-state index >= 15 is 0 Å². The number of sulfonamides is 1. The third-order valence-corrected chi connectivity index (χ3v) is 8.74. The summed E-state index contributed by atoms with van der Waals surface area (Å²) in [4.78, 5) is 13.5. The first kappa shape index (κ1) is 25.1. The van der Waals surface area contributed by atoms with Gasteiger partial charge >= 0.3 is 0 Å². The maximum absolute atomic E-state index is 13.7. The molecule has 2 aliphatic rings. The number of hydrogen-bond acceptors (Lipinski definition) is 5. The fourth-order valence-electron chi connectivity index (χ4n) is 4.98. The lowest BCUT2D eigenvalue weighted by Crippen LogP contribution is -2.42. The lowest BCUT2D eigenvalue weighted by atomic mass is 9.89. The van der Waals surface area contributed by atoms with Gasteiger partial charge in [0.05, 0.1) is 16.6 Å². The van der Waals surface area contributed by atoms with Gasteiger partial charge in [0.25, 0.3) is 10.0 Å². The van der Waals surface area contributed by atoms with Crippen molar-refractivity contribution in [3.05, 3.63) is 83.4 Å². The van der Waals surface area contributed by atoms with Gasteiger partial charge in [-0.05, 0) is 73.1 Å². The molecule has 0 fully saturated rings. The van der Waals surface area contributed by atoms with E-state index in [0.29, 0.717) is 36.8 Å². The van der Waals surface area contributed by atoms with Crippen LogP contribution in [-0.2, 0) is 27.7 Å². The molecular weight excluding hydrogens is 488 g/mol. The van der Waals surface area contributed by atoms with E-state index in [2.05, 4.69) is 23.5 Å². The number of nitrogens with one attached hydrogen (secondary N) is 1. The molecule has 0 spiro atoms. The molecule has 1 amide bonds. The minimum absolute atomic E-state index is 0.111. The molecule has 1 heterocycles. The lowest BCUT2D eigenvalue weighted by Gasteiger charge is -2.27. The van der Waals surface area contributed by atoms with E-state index in [1.165, 1.54) is 36.1 Å². The van der Waals surface area contributed by atoms with Crippen LogP contribution in [0.5, 0.6) is 11.5 Å². The first-order valence-electron chi connectivity index (χ1n) is 12.8. The van der Waals surface area contributed by atoms with Crippen molar-refractivity contribution in [2.45, 2.75) is 50.0 Å². The average molecular weight is 521 g/mol. The molecule has 37 heavy (non-hydrogen) atoms. The molecule has 3 aromatic carbocycles. The Morgan fingerprint density at radius 1 is 0.919 bits per heavy atom. The zero-order chi connectivity index (χ0) is 25.8. The Morgan fingerprint density at radius 2 is 1.65 bits per heavy atom. The predicted octanol–water partition coefficient (Wildman–Crippen LogP) is 4.80. The Balaban J connectivity index is 1.42. The second-order valence-electron chi connectivity index (χ2n) is 9.42. The van der Waals surface area contributed by atoms with E-state index in [0.717, 1.165) is 22.7 Å². The Kier molecular flexibility index (Phi) is 7.37. The number of hydrogen-bond donors (Lipinski definition) is 1. The SMILES string of the molecule is CCC(NC(=O)CN(c1ccc2c(c1)OCCO2)S(=O)(=O)c1ccccc1)c1ccc2c(c1)CCCC2. The number of ether oxygens (including phenoxy) is 2. The highest BCUT2D eigenvalue weighted by Crippen LogP contribution is 2.36. The number of fused-ring (bicyclic) bond motifs is 2. The molecule has 194 valence electrons. The molecule has 0 saturated carbocycles. The van der Waals surface area contributed by atoms with Gasteiger partial charge in [-0.25, -0.2) is 8.42 Å². The van der Waals surface area contributed by atoms with E-state index in [-0.39, 0.29) is 23.4 Å². The summed E-state index contributed by atoms with van der Waals surface area (Å²) in [6.07, 6.45) is 5.24. The van der Waals surface area contributed by atoms with Gasteiger partial charge in [-0.1, -0.05) is 43.3 Å². The first-order chi connectivity index (χ1) is 18.0. The minimum Gasteiger partial charge on any atom is -0.486 e. The van der Waals surface area contributed by atoms with Crippen molar-refractivity contribution in [2.24, 2.45) is 0 Å². The number of benzene rings is 3. The molecule has 0 aromatic heterocycles. The molecule has 8 heteroatoms. The van der Waals surface area contributed by atoms with Gasteiger partial charge in [-0.2, -0.15) is 0 Å². The third-order valence-electron chi connectivity index (χ3n) is 6.95. The molecule has 0 bridgehead atoms. The van der Waals surface area contributed by atoms with Crippen LogP contribution in [-0.4, -0.2) is 34.1 Å². The molecule has 1 aliphatic carbocycles. The summed E-state index contributed by atoms with van der Waals surface area (Å²) in [5, 5.41) is 3.07. The number of amides is 1. The molecule has 0 saturated heterocycles. The fraction of sp³-hybridized carbons (Fsp3) is 0.345. The van der Waals surface area contributed by atoms with Crippen molar-refractivity contribution in [1.82, 2.24) is 5.32 Å². The molecule has 3 aromatic rings. The van der Waals surface area contributed by atoms with Gasteiger partial charge in [0.2, 0.25) is 5.91 Å². The predicted molar refractivity (Wildman–Crippen MR) is 143 cm³/mol. The zero-order valence-electron chi connectivity index (χ0n) is 21.0. The van der Waals surface area contributed by atoms with E-state index in [1.54, 1.807) is 36.4 Å². The normalized spacial score (nSPS) is 15.4. The van der Waals surface area contributed by atoms with Crippen LogP contribution in [0.25, 0.3) is 0 Å². The number of carbonyl (C=O) groups excluding carboxylic acids is 1. The lowest BCUT2D eigenvalue weighted by molar-refractivity contribution is -0.120.